The quantitative estimate of drug-likeness (QED) is 0.707. The van der Waals surface area contributed by atoms with E-state index in [0.29, 0.717) is 28.2 Å². The molecule has 2 aromatic carbocycles. The third kappa shape index (κ3) is 3.94. The average molecular weight is 386 g/mol. The molecule has 0 spiro atoms. The predicted octanol–water partition coefficient (Wildman–Crippen LogP) is 3.09. The fraction of sp³-hybridized carbons (Fsp3) is 0.238. The molecule has 0 amide bonds. The highest BCUT2D eigenvalue weighted by molar-refractivity contribution is 5.56. The number of aromatic nitrogens is 2. The number of aliphatic hydroxyl groups excluding tert-OH is 1. The Balaban J connectivity index is 2.16. The van der Waals surface area contributed by atoms with E-state index < -0.39 is 11.6 Å². The van der Waals surface area contributed by atoms with E-state index in [9.17, 15) is 18.7 Å². The van der Waals surface area contributed by atoms with Crippen molar-refractivity contribution in [1.82, 2.24) is 9.55 Å². The highest BCUT2D eigenvalue weighted by atomic mass is 19.1. The Kier molecular flexibility index (Phi) is 5.84. The molecule has 0 saturated carbocycles. The van der Waals surface area contributed by atoms with E-state index in [1.54, 1.807) is 13.0 Å². The van der Waals surface area contributed by atoms with E-state index in [1.165, 1.54) is 48.1 Å². The second-order valence-electron chi connectivity index (χ2n) is 6.34. The van der Waals surface area contributed by atoms with Gasteiger partial charge in [-0.15, -0.1) is 0 Å². The summed E-state index contributed by atoms with van der Waals surface area (Å²) in [6.07, 6.45) is 0.165. The fourth-order valence-electron chi connectivity index (χ4n) is 3.06. The number of hydrogen-bond acceptors (Lipinski definition) is 4. The summed E-state index contributed by atoms with van der Waals surface area (Å²) < 4.78 is 33.7. The molecule has 7 heteroatoms. The number of nitrogens with zero attached hydrogens (tertiary/aromatic N) is 2. The van der Waals surface area contributed by atoms with Gasteiger partial charge in [0.1, 0.15) is 11.6 Å². The maximum atomic E-state index is 14.1. The maximum Gasteiger partial charge on any atom is 0.257 e. The lowest BCUT2D eigenvalue weighted by molar-refractivity contribution is 0.298. The fourth-order valence-corrected chi connectivity index (χ4v) is 3.06. The van der Waals surface area contributed by atoms with E-state index in [1.807, 2.05) is 0 Å². The molecule has 3 rings (SSSR count). The van der Waals surface area contributed by atoms with Crippen LogP contribution in [0.2, 0.25) is 0 Å². The molecule has 0 aliphatic heterocycles. The molecular weight excluding hydrogens is 366 g/mol. The first kappa shape index (κ1) is 19.7. The topological polar surface area (TPSA) is 64.3 Å². The van der Waals surface area contributed by atoms with Crippen LogP contribution in [-0.2, 0) is 13.0 Å². The van der Waals surface area contributed by atoms with Gasteiger partial charge in [-0.1, -0.05) is 6.07 Å². The Bertz CT molecular complexity index is 1050. The lowest BCUT2D eigenvalue weighted by Crippen LogP contribution is -2.29. The molecule has 1 aromatic heterocycles. The molecule has 0 radical (unpaired) electrons. The van der Waals surface area contributed by atoms with E-state index in [4.69, 9.17) is 4.74 Å². The van der Waals surface area contributed by atoms with Crippen molar-refractivity contribution in [2.75, 3.05) is 13.7 Å². The molecule has 0 aliphatic rings. The van der Waals surface area contributed by atoms with Crippen LogP contribution in [0.4, 0.5) is 8.78 Å². The van der Waals surface area contributed by atoms with E-state index in [2.05, 4.69) is 4.98 Å². The number of aryl methyl sites for hydroxylation is 1. The molecule has 5 nitrogen and oxygen atoms in total. The Labute approximate surface area is 160 Å². The van der Waals surface area contributed by atoms with Gasteiger partial charge < -0.3 is 9.84 Å². The third-order valence-electron chi connectivity index (χ3n) is 4.49. The number of benzene rings is 2. The van der Waals surface area contributed by atoms with Crippen LogP contribution in [0.25, 0.3) is 11.4 Å². The molecule has 146 valence electrons. The molecule has 0 bridgehead atoms. The van der Waals surface area contributed by atoms with Crippen LogP contribution in [0.3, 0.4) is 0 Å². The minimum absolute atomic E-state index is 0.0676. The van der Waals surface area contributed by atoms with E-state index in [0.717, 1.165) is 0 Å². The molecule has 28 heavy (non-hydrogen) atoms. The number of halogens is 2. The average Bonchev–Trinajstić information content (AvgIpc) is 2.68. The van der Waals surface area contributed by atoms with Gasteiger partial charge in [0.25, 0.3) is 5.56 Å². The monoisotopic (exact) mass is 386 g/mol. The highest BCUT2D eigenvalue weighted by Crippen LogP contribution is 2.22. The molecule has 0 unspecified atom stereocenters. The molecule has 0 atom stereocenters. The van der Waals surface area contributed by atoms with Crippen molar-refractivity contribution in [3.8, 4) is 17.1 Å². The maximum absolute atomic E-state index is 14.1. The summed E-state index contributed by atoms with van der Waals surface area (Å²) in [5.41, 5.74) is 1.67. The third-order valence-corrected chi connectivity index (χ3v) is 4.49. The summed E-state index contributed by atoms with van der Waals surface area (Å²) in [7, 11) is 1.38. The van der Waals surface area contributed by atoms with Gasteiger partial charge in [0.2, 0.25) is 0 Å². The molecule has 0 saturated heterocycles. The van der Waals surface area contributed by atoms with Crippen molar-refractivity contribution in [3.63, 3.8) is 0 Å². The van der Waals surface area contributed by atoms with Crippen molar-refractivity contribution >= 4 is 0 Å². The van der Waals surface area contributed by atoms with Crippen molar-refractivity contribution < 1.29 is 18.6 Å². The first-order valence-corrected chi connectivity index (χ1v) is 8.74. The Morgan fingerprint density at radius 3 is 2.46 bits per heavy atom. The number of ether oxygens (including phenoxy) is 1. The molecule has 0 fully saturated rings. The second-order valence-corrected chi connectivity index (χ2v) is 6.34. The van der Waals surface area contributed by atoms with Gasteiger partial charge >= 0.3 is 0 Å². The number of methoxy groups -OCH3 is 1. The van der Waals surface area contributed by atoms with Crippen LogP contribution >= 0.6 is 0 Å². The molecule has 0 aliphatic carbocycles. The van der Waals surface area contributed by atoms with Gasteiger partial charge in [0, 0.05) is 29.8 Å². The van der Waals surface area contributed by atoms with Crippen LogP contribution in [0, 0.1) is 18.6 Å². The Hall–Kier alpha value is -3.06. The predicted molar refractivity (Wildman–Crippen MR) is 101 cm³/mol. The van der Waals surface area contributed by atoms with Gasteiger partial charge in [-0.2, -0.15) is 0 Å². The van der Waals surface area contributed by atoms with Crippen LogP contribution < -0.4 is 10.3 Å². The highest BCUT2D eigenvalue weighted by Gasteiger charge is 2.16. The molecule has 1 N–H and O–H groups in total. The molecule has 3 aromatic rings. The van der Waals surface area contributed by atoms with E-state index in [-0.39, 0.29) is 30.9 Å². The Morgan fingerprint density at radius 1 is 1.14 bits per heavy atom. The smallest absolute Gasteiger partial charge is 0.257 e. The van der Waals surface area contributed by atoms with Gasteiger partial charge in [0.15, 0.2) is 11.6 Å². The number of rotatable bonds is 6. The first-order valence-electron chi connectivity index (χ1n) is 8.74. The summed E-state index contributed by atoms with van der Waals surface area (Å²) >= 11 is 0. The van der Waals surface area contributed by atoms with Crippen LogP contribution in [-0.4, -0.2) is 28.4 Å². The van der Waals surface area contributed by atoms with Gasteiger partial charge in [0.05, 0.1) is 13.7 Å². The largest absolute Gasteiger partial charge is 0.494 e. The summed E-state index contributed by atoms with van der Waals surface area (Å²) in [5.74, 6) is -0.478. The van der Waals surface area contributed by atoms with Gasteiger partial charge in [-0.25, -0.2) is 13.8 Å². The summed E-state index contributed by atoms with van der Waals surface area (Å²) in [4.78, 5) is 17.6. The zero-order chi connectivity index (χ0) is 20.3. The zero-order valence-electron chi connectivity index (χ0n) is 15.6. The van der Waals surface area contributed by atoms with Gasteiger partial charge in [-0.05, 0) is 48.9 Å². The van der Waals surface area contributed by atoms with Crippen molar-refractivity contribution in [2.24, 2.45) is 0 Å². The van der Waals surface area contributed by atoms with Crippen LogP contribution in [0.5, 0.6) is 5.75 Å². The summed E-state index contributed by atoms with van der Waals surface area (Å²) in [6, 6.07) is 10.1. The summed E-state index contributed by atoms with van der Waals surface area (Å²) in [6.45, 7) is 1.57. The minimum atomic E-state index is -0.535. The van der Waals surface area contributed by atoms with Gasteiger partial charge in [-0.3, -0.25) is 9.36 Å². The normalized spacial score (nSPS) is 10.9. The number of hydrogen-bond donors (Lipinski definition) is 1. The first-order chi connectivity index (χ1) is 13.4. The lowest BCUT2D eigenvalue weighted by Gasteiger charge is -2.16. The van der Waals surface area contributed by atoms with Crippen molar-refractivity contribution in [1.29, 1.82) is 0 Å². The second kappa shape index (κ2) is 8.31. The minimum Gasteiger partial charge on any atom is -0.494 e. The van der Waals surface area contributed by atoms with Crippen LogP contribution in [0.15, 0.2) is 47.3 Å². The van der Waals surface area contributed by atoms with E-state index >= 15 is 0 Å². The molecule has 1 heterocycles. The van der Waals surface area contributed by atoms with Crippen LogP contribution in [0.1, 0.15) is 16.8 Å². The summed E-state index contributed by atoms with van der Waals surface area (Å²) in [5, 5.41) is 9.28. The standard InChI is InChI=1S/C21H20F2N2O3/c1-13-17(9-10-26)21(27)25(12-14-3-8-19(28-2)18(23)11-14)20(24-13)15-4-6-16(22)7-5-15/h3-8,11,26H,9-10,12H2,1-2H3. The molecular formula is C21H20F2N2O3. The van der Waals surface area contributed by atoms with Crippen molar-refractivity contribution in [3.05, 3.63) is 81.3 Å². The van der Waals surface area contributed by atoms with Crippen molar-refractivity contribution in [2.45, 2.75) is 19.9 Å². The zero-order valence-corrected chi connectivity index (χ0v) is 15.6. The SMILES string of the molecule is COc1ccc(Cn2c(-c3ccc(F)cc3)nc(C)c(CCO)c2=O)cc1F. The lowest BCUT2D eigenvalue weighted by atomic mass is 10.1. The Morgan fingerprint density at radius 2 is 1.86 bits per heavy atom. The number of aliphatic hydroxyl groups is 1.